The number of hydrogen-bond donors (Lipinski definition) is 1. The SMILES string of the molecule is COc1ncccc1-c1noc(N)c1-c1ccccn1. The summed E-state index contributed by atoms with van der Waals surface area (Å²) < 4.78 is 10.4. The molecular weight excluding hydrogens is 256 g/mol. The van der Waals surface area contributed by atoms with E-state index in [0.29, 0.717) is 28.4 Å². The van der Waals surface area contributed by atoms with Crippen LogP contribution < -0.4 is 10.5 Å². The summed E-state index contributed by atoms with van der Waals surface area (Å²) in [5, 5.41) is 4.01. The fraction of sp³-hybridized carbons (Fsp3) is 0.0714. The molecule has 0 aliphatic rings. The second-order valence-corrected chi connectivity index (χ2v) is 4.05. The molecule has 20 heavy (non-hydrogen) atoms. The van der Waals surface area contributed by atoms with Crippen molar-refractivity contribution in [1.82, 2.24) is 15.1 Å². The summed E-state index contributed by atoms with van der Waals surface area (Å²) in [6.07, 6.45) is 3.33. The molecule has 0 radical (unpaired) electrons. The van der Waals surface area contributed by atoms with Crippen molar-refractivity contribution >= 4 is 5.88 Å². The van der Waals surface area contributed by atoms with E-state index < -0.39 is 0 Å². The van der Waals surface area contributed by atoms with Gasteiger partial charge in [-0.2, -0.15) is 0 Å². The van der Waals surface area contributed by atoms with Gasteiger partial charge in [0.25, 0.3) is 0 Å². The van der Waals surface area contributed by atoms with Gasteiger partial charge in [0, 0.05) is 12.4 Å². The number of aromatic nitrogens is 3. The zero-order valence-corrected chi connectivity index (χ0v) is 10.8. The Balaban J connectivity index is 2.22. The van der Waals surface area contributed by atoms with E-state index in [1.54, 1.807) is 25.6 Å². The molecular formula is C14H12N4O2. The van der Waals surface area contributed by atoms with E-state index >= 15 is 0 Å². The van der Waals surface area contributed by atoms with E-state index in [-0.39, 0.29) is 5.88 Å². The third-order valence-corrected chi connectivity index (χ3v) is 2.86. The van der Waals surface area contributed by atoms with Gasteiger partial charge in [0.15, 0.2) is 0 Å². The van der Waals surface area contributed by atoms with Crippen molar-refractivity contribution in [3.05, 3.63) is 42.7 Å². The Morgan fingerprint density at radius 1 is 1.10 bits per heavy atom. The third kappa shape index (κ3) is 1.97. The molecule has 3 heterocycles. The van der Waals surface area contributed by atoms with Crippen LogP contribution in [0.3, 0.4) is 0 Å². The summed E-state index contributed by atoms with van der Waals surface area (Å²) >= 11 is 0. The molecule has 0 fully saturated rings. The van der Waals surface area contributed by atoms with Crippen LogP contribution in [0.2, 0.25) is 0 Å². The quantitative estimate of drug-likeness (QED) is 0.784. The standard InChI is InChI=1S/C14H12N4O2/c1-19-14-9(5-4-8-17-14)12-11(13(15)20-18-12)10-6-2-3-7-16-10/h2-8H,15H2,1H3. The first-order valence-electron chi connectivity index (χ1n) is 5.97. The predicted molar refractivity (Wildman–Crippen MR) is 73.9 cm³/mol. The van der Waals surface area contributed by atoms with E-state index in [1.165, 1.54) is 0 Å². The zero-order chi connectivity index (χ0) is 13.9. The van der Waals surface area contributed by atoms with Crippen LogP contribution in [0.5, 0.6) is 5.88 Å². The number of nitrogens with zero attached hydrogens (tertiary/aromatic N) is 3. The summed E-state index contributed by atoms with van der Waals surface area (Å²) in [4.78, 5) is 8.43. The number of rotatable bonds is 3. The topological polar surface area (TPSA) is 87.1 Å². The Morgan fingerprint density at radius 3 is 2.70 bits per heavy atom. The first-order chi connectivity index (χ1) is 9.81. The minimum Gasteiger partial charge on any atom is -0.481 e. The van der Waals surface area contributed by atoms with Gasteiger partial charge in [-0.05, 0) is 24.3 Å². The summed E-state index contributed by atoms with van der Waals surface area (Å²) in [6, 6.07) is 9.19. The average Bonchev–Trinajstić information content (AvgIpc) is 2.89. The highest BCUT2D eigenvalue weighted by atomic mass is 16.5. The highest BCUT2D eigenvalue weighted by Crippen LogP contribution is 2.37. The van der Waals surface area contributed by atoms with Crippen LogP contribution in [0, 0.1) is 0 Å². The van der Waals surface area contributed by atoms with E-state index in [1.807, 2.05) is 24.3 Å². The second-order valence-electron chi connectivity index (χ2n) is 4.05. The van der Waals surface area contributed by atoms with Crippen molar-refractivity contribution in [2.24, 2.45) is 0 Å². The molecule has 0 aromatic carbocycles. The van der Waals surface area contributed by atoms with Gasteiger partial charge < -0.3 is 15.0 Å². The van der Waals surface area contributed by atoms with Crippen LogP contribution in [-0.4, -0.2) is 22.2 Å². The van der Waals surface area contributed by atoms with Crippen LogP contribution in [0.4, 0.5) is 5.88 Å². The fourth-order valence-corrected chi connectivity index (χ4v) is 1.98. The zero-order valence-electron chi connectivity index (χ0n) is 10.8. The molecule has 100 valence electrons. The smallest absolute Gasteiger partial charge is 0.232 e. The van der Waals surface area contributed by atoms with Gasteiger partial charge in [-0.1, -0.05) is 11.2 Å². The van der Waals surface area contributed by atoms with Crippen molar-refractivity contribution in [1.29, 1.82) is 0 Å². The molecule has 0 bridgehead atoms. The maximum atomic E-state index is 5.87. The van der Waals surface area contributed by atoms with E-state index in [2.05, 4.69) is 15.1 Å². The molecule has 2 N–H and O–H groups in total. The number of nitrogens with two attached hydrogens (primary N) is 1. The molecule has 6 heteroatoms. The molecule has 0 aliphatic carbocycles. The Hall–Kier alpha value is -2.89. The van der Waals surface area contributed by atoms with Crippen molar-refractivity contribution < 1.29 is 9.26 Å². The molecule has 0 saturated heterocycles. The van der Waals surface area contributed by atoms with Gasteiger partial charge in [-0.25, -0.2) is 4.98 Å². The van der Waals surface area contributed by atoms with Gasteiger partial charge in [-0.15, -0.1) is 0 Å². The molecule has 3 rings (SSSR count). The minimum absolute atomic E-state index is 0.213. The minimum atomic E-state index is 0.213. The van der Waals surface area contributed by atoms with Crippen LogP contribution in [0.25, 0.3) is 22.5 Å². The largest absolute Gasteiger partial charge is 0.481 e. The molecule has 0 aliphatic heterocycles. The van der Waals surface area contributed by atoms with Crippen molar-refractivity contribution in [3.8, 4) is 28.4 Å². The predicted octanol–water partition coefficient (Wildman–Crippen LogP) is 2.39. The lowest BCUT2D eigenvalue weighted by atomic mass is 10.1. The monoisotopic (exact) mass is 268 g/mol. The Labute approximate surface area is 115 Å². The number of pyridine rings is 2. The van der Waals surface area contributed by atoms with Crippen molar-refractivity contribution in [2.75, 3.05) is 12.8 Å². The Bertz CT molecular complexity index is 725. The second kappa shape index (κ2) is 5.00. The van der Waals surface area contributed by atoms with Crippen LogP contribution in [0.1, 0.15) is 0 Å². The van der Waals surface area contributed by atoms with E-state index in [9.17, 15) is 0 Å². The van der Waals surface area contributed by atoms with Gasteiger partial charge in [0.2, 0.25) is 11.8 Å². The molecule has 0 atom stereocenters. The maximum Gasteiger partial charge on any atom is 0.232 e. The van der Waals surface area contributed by atoms with Gasteiger partial charge in [0.05, 0.1) is 23.9 Å². The van der Waals surface area contributed by atoms with Crippen LogP contribution in [-0.2, 0) is 0 Å². The lowest BCUT2D eigenvalue weighted by Gasteiger charge is -2.05. The first-order valence-corrected chi connectivity index (χ1v) is 5.97. The highest BCUT2D eigenvalue weighted by molar-refractivity contribution is 5.86. The number of methoxy groups -OCH3 is 1. The first kappa shape index (κ1) is 12.2. The molecule has 6 nitrogen and oxygen atoms in total. The summed E-state index contributed by atoms with van der Waals surface area (Å²) in [5.74, 6) is 0.669. The number of ether oxygens (including phenoxy) is 1. The third-order valence-electron chi connectivity index (χ3n) is 2.86. The Morgan fingerprint density at radius 2 is 1.95 bits per heavy atom. The average molecular weight is 268 g/mol. The lowest BCUT2D eigenvalue weighted by Crippen LogP contribution is -1.94. The molecule has 3 aromatic rings. The number of anilines is 1. The van der Waals surface area contributed by atoms with Crippen LogP contribution >= 0.6 is 0 Å². The maximum absolute atomic E-state index is 5.87. The van der Waals surface area contributed by atoms with Crippen molar-refractivity contribution in [2.45, 2.75) is 0 Å². The van der Waals surface area contributed by atoms with Gasteiger partial charge >= 0.3 is 0 Å². The number of hydrogen-bond acceptors (Lipinski definition) is 6. The van der Waals surface area contributed by atoms with Gasteiger partial charge in [-0.3, -0.25) is 4.98 Å². The normalized spacial score (nSPS) is 10.4. The molecule has 3 aromatic heterocycles. The highest BCUT2D eigenvalue weighted by Gasteiger charge is 2.21. The molecule has 0 unspecified atom stereocenters. The Kier molecular flexibility index (Phi) is 3.04. The van der Waals surface area contributed by atoms with E-state index in [0.717, 1.165) is 0 Å². The summed E-state index contributed by atoms with van der Waals surface area (Å²) in [7, 11) is 1.55. The summed E-state index contributed by atoms with van der Waals surface area (Å²) in [5.41, 5.74) is 8.46. The van der Waals surface area contributed by atoms with Crippen molar-refractivity contribution in [3.63, 3.8) is 0 Å². The molecule has 0 amide bonds. The molecule has 0 spiro atoms. The fourth-order valence-electron chi connectivity index (χ4n) is 1.98. The summed E-state index contributed by atoms with van der Waals surface area (Å²) in [6.45, 7) is 0. The van der Waals surface area contributed by atoms with Crippen LogP contribution in [0.15, 0.2) is 47.2 Å². The molecule has 0 saturated carbocycles. The lowest BCUT2D eigenvalue weighted by molar-refractivity contribution is 0.398. The van der Waals surface area contributed by atoms with E-state index in [4.69, 9.17) is 15.0 Å². The van der Waals surface area contributed by atoms with Gasteiger partial charge in [0.1, 0.15) is 5.69 Å². The number of nitrogen functional groups attached to an aromatic ring is 1.